The summed E-state index contributed by atoms with van der Waals surface area (Å²) >= 11 is 0. The molecule has 0 saturated carbocycles. The van der Waals surface area contributed by atoms with Gasteiger partial charge in [0.15, 0.2) is 0 Å². The molecule has 0 aliphatic rings. The van der Waals surface area contributed by atoms with Crippen LogP contribution in [0, 0.1) is 6.92 Å². The van der Waals surface area contributed by atoms with Gasteiger partial charge in [-0.3, -0.25) is 0 Å². The summed E-state index contributed by atoms with van der Waals surface area (Å²) < 4.78 is 5.35. The van der Waals surface area contributed by atoms with E-state index >= 15 is 0 Å². The Morgan fingerprint density at radius 3 is 2.62 bits per heavy atom. The first kappa shape index (κ1) is 15.6. The standard InChI is InChI=1S/C19H25NO/c1-4-11-20-19(13-16-8-5-7-15(2)12-16)17-9-6-10-18(14-17)21-3/h5-10,12,14,19-20H,4,11,13H2,1-3H3. The molecule has 0 fully saturated rings. The van der Waals surface area contributed by atoms with Crippen molar-refractivity contribution in [2.24, 2.45) is 0 Å². The molecular formula is C19H25NO. The highest BCUT2D eigenvalue weighted by molar-refractivity contribution is 5.32. The van der Waals surface area contributed by atoms with E-state index in [0.29, 0.717) is 6.04 Å². The molecule has 2 rings (SSSR count). The summed E-state index contributed by atoms with van der Waals surface area (Å²) in [5.41, 5.74) is 3.96. The molecule has 21 heavy (non-hydrogen) atoms. The maximum Gasteiger partial charge on any atom is 0.119 e. The van der Waals surface area contributed by atoms with E-state index < -0.39 is 0 Å². The zero-order valence-corrected chi connectivity index (χ0v) is 13.2. The molecule has 0 amide bonds. The molecule has 112 valence electrons. The fraction of sp³-hybridized carbons (Fsp3) is 0.368. The molecule has 2 aromatic carbocycles. The number of ether oxygens (including phenoxy) is 1. The second-order valence-corrected chi connectivity index (χ2v) is 5.48. The summed E-state index contributed by atoms with van der Waals surface area (Å²) in [6.45, 7) is 5.36. The lowest BCUT2D eigenvalue weighted by Gasteiger charge is -2.20. The van der Waals surface area contributed by atoms with Gasteiger partial charge in [-0.15, -0.1) is 0 Å². The van der Waals surface area contributed by atoms with Crippen LogP contribution in [0.15, 0.2) is 48.5 Å². The molecule has 0 radical (unpaired) electrons. The quantitative estimate of drug-likeness (QED) is 0.818. The number of hydrogen-bond donors (Lipinski definition) is 1. The van der Waals surface area contributed by atoms with Crippen LogP contribution >= 0.6 is 0 Å². The molecule has 0 spiro atoms. The predicted octanol–water partition coefficient (Wildman–Crippen LogP) is 4.29. The van der Waals surface area contributed by atoms with Crippen LogP contribution < -0.4 is 10.1 Å². The summed E-state index contributed by atoms with van der Waals surface area (Å²) in [6, 6.07) is 17.4. The maximum absolute atomic E-state index is 5.35. The first-order valence-electron chi connectivity index (χ1n) is 7.65. The first-order chi connectivity index (χ1) is 10.2. The van der Waals surface area contributed by atoms with Gasteiger partial charge in [-0.05, 0) is 49.6 Å². The van der Waals surface area contributed by atoms with Crippen LogP contribution in [0.2, 0.25) is 0 Å². The normalized spacial score (nSPS) is 12.1. The molecule has 1 atom stereocenters. The van der Waals surface area contributed by atoms with Crippen LogP contribution in [-0.4, -0.2) is 13.7 Å². The summed E-state index contributed by atoms with van der Waals surface area (Å²) in [4.78, 5) is 0. The van der Waals surface area contributed by atoms with Crippen molar-refractivity contribution in [1.29, 1.82) is 0 Å². The van der Waals surface area contributed by atoms with Crippen molar-refractivity contribution in [1.82, 2.24) is 5.32 Å². The zero-order valence-electron chi connectivity index (χ0n) is 13.2. The van der Waals surface area contributed by atoms with E-state index in [-0.39, 0.29) is 0 Å². The van der Waals surface area contributed by atoms with E-state index in [9.17, 15) is 0 Å². The van der Waals surface area contributed by atoms with Crippen LogP contribution in [0.5, 0.6) is 5.75 Å². The Balaban J connectivity index is 2.20. The van der Waals surface area contributed by atoms with Crippen molar-refractivity contribution in [3.8, 4) is 5.75 Å². The van der Waals surface area contributed by atoms with Crippen LogP contribution in [0.4, 0.5) is 0 Å². The summed E-state index contributed by atoms with van der Waals surface area (Å²) in [5.74, 6) is 0.917. The highest BCUT2D eigenvalue weighted by Crippen LogP contribution is 2.23. The zero-order chi connectivity index (χ0) is 15.1. The molecular weight excluding hydrogens is 258 g/mol. The lowest BCUT2D eigenvalue weighted by Crippen LogP contribution is -2.24. The Kier molecular flexibility index (Phi) is 5.82. The number of nitrogens with one attached hydrogen (secondary N) is 1. The van der Waals surface area contributed by atoms with Crippen LogP contribution in [0.25, 0.3) is 0 Å². The molecule has 0 aliphatic heterocycles. The van der Waals surface area contributed by atoms with E-state index in [4.69, 9.17) is 4.74 Å². The lowest BCUT2D eigenvalue weighted by molar-refractivity contribution is 0.412. The van der Waals surface area contributed by atoms with Crippen molar-refractivity contribution in [2.75, 3.05) is 13.7 Å². The minimum Gasteiger partial charge on any atom is -0.497 e. The first-order valence-corrected chi connectivity index (χ1v) is 7.65. The van der Waals surface area contributed by atoms with Crippen LogP contribution in [0.1, 0.15) is 36.1 Å². The second-order valence-electron chi connectivity index (χ2n) is 5.48. The van der Waals surface area contributed by atoms with Crippen molar-refractivity contribution in [2.45, 2.75) is 32.7 Å². The van der Waals surface area contributed by atoms with E-state index in [1.165, 1.54) is 16.7 Å². The minimum atomic E-state index is 0.321. The molecule has 2 aromatic rings. The molecule has 0 aliphatic carbocycles. The fourth-order valence-corrected chi connectivity index (χ4v) is 2.56. The lowest BCUT2D eigenvalue weighted by atomic mass is 9.97. The van der Waals surface area contributed by atoms with Gasteiger partial charge in [0.1, 0.15) is 5.75 Å². The van der Waals surface area contributed by atoms with Gasteiger partial charge in [0, 0.05) is 6.04 Å². The molecule has 0 heterocycles. The Hall–Kier alpha value is -1.80. The number of benzene rings is 2. The van der Waals surface area contributed by atoms with E-state index in [0.717, 1.165) is 25.1 Å². The molecule has 0 saturated heterocycles. The van der Waals surface area contributed by atoms with Gasteiger partial charge in [0.25, 0.3) is 0 Å². The van der Waals surface area contributed by atoms with E-state index in [1.54, 1.807) is 7.11 Å². The van der Waals surface area contributed by atoms with E-state index in [1.807, 2.05) is 6.07 Å². The van der Waals surface area contributed by atoms with Gasteiger partial charge in [-0.1, -0.05) is 48.9 Å². The number of methoxy groups -OCH3 is 1. The Bertz CT molecular complexity index is 565. The number of hydrogen-bond acceptors (Lipinski definition) is 2. The highest BCUT2D eigenvalue weighted by Gasteiger charge is 2.12. The average Bonchev–Trinajstić information content (AvgIpc) is 2.51. The molecule has 0 aromatic heterocycles. The van der Waals surface area contributed by atoms with Crippen molar-refractivity contribution in [3.05, 3.63) is 65.2 Å². The molecule has 2 heteroatoms. The van der Waals surface area contributed by atoms with Gasteiger partial charge in [0.05, 0.1) is 7.11 Å². The molecule has 1 N–H and O–H groups in total. The van der Waals surface area contributed by atoms with Gasteiger partial charge >= 0.3 is 0 Å². The Morgan fingerprint density at radius 1 is 1.10 bits per heavy atom. The number of aryl methyl sites for hydroxylation is 1. The van der Waals surface area contributed by atoms with Crippen LogP contribution in [-0.2, 0) is 6.42 Å². The van der Waals surface area contributed by atoms with Gasteiger partial charge in [0.2, 0.25) is 0 Å². The molecule has 2 nitrogen and oxygen atoms in total. The van der Waals surface area contributed by atoms with Gasteiger partial charge in [-0.25, -0.2) is 0 Å². The largest absolute Gasteiger partial charge is 0.497 e. The Labute approximate surface area is 128 Å². The van der Waals surface area contributed by atoms with Crippen molar-refractivity contribution in [3.63, 3.8) is 0 Å². The van der Waals surface area contributed by atoms with E-state index in [2.05, 4.69) is 61.6 Å². The third-order valence-electron chi connectivity index (χ3n) is 3.66. The van der Waals surface area contributed by atoms with Crippen molar-refractivity contribution >= 4 is 0 Å². The molecule has 1 unspecified atom stereocenters. The third-order valence-corrected chi connectivity index (χ3v) is 3.66. The van der Waals surface area contributed by atoms with Gasteiger partial charge in [-0.2, -0.15) is 0 Å². The summed E-state index contributed by atoms with van der Waals surface area (Å²) in [5, 5.41) is 3.65. The third kappa shape index (κ3) is 4.61. The minimum absolute atomic E-state index is 0.321. The SMILES string of the molecule is CCCNC(Cc1cccc(C)c1)c1cccc(OC)c1. The average molecular weight is 283 g/mol. The van der Waals surface area contributed by atoms with Crippen molar-refractivity contribution < 1.29 is 4.74 Å². The summed E-state index contributed by atoms with van der Waals surface area (Å²) in [6.07, 6.45) is 2.13. The monoisotopic (exact) mass is 283 g/mol. The maximum atomic E-state index is 5.35. The predicted molar refractivity (Wildman–Crippen MR) is 88.9 cm³/mol. The second kappa shape index (κ2) is 7.84. The number of rotatable bonds is 7. The Morgan fingerprint density at radius 2 is 1.90 bits per heavy atom. The van der Waals surface area contributed by atoms with Crippen LogP contribution in [0.3, 0.4) is 0 Å². The fourth-order valence-electron chi connectivity index (χ4n) is 2.56. The topological polar surface area (TPSA) is 21.3 Å². The highest BCUT2D eigenvalue weighted by atomic mass is 16.5. The van der Waals surface area contributed by atoms with Gasteiger partial charge < -0.3 is 10.1 Å². The smallest absolute Gasteiger partial charge is 0.119 e. The summed E-state index contributed by atoms with van der Waals surface area (Å²) in [7, 11) is 1.72. The molecule has 0 bridgehead atoms.